The summed E-state index contributed by atoms with van der Waals surface area (Å²) in [6.45, 7) is -0.286. The second-order valence-corrected chi connectivity index (χ2v) is 6.10. The van der Waals surface area contributed by atoms with E-state index < -0.39 is 11.8 Å². The number of nitrogens with zero attached hydrogens (tertiary/aromatic N) is 1. The van der Waals surface area contributed by atoms with Gasteiger partial charge in [-0.2, -0.15) is 0 Å². The molecular weight excluding hydrogens is 342 g/mol. The average molecular weight is 357 g/mol. The summed E-state index contributed by atoms with van der Waals surface area (Å²) in [5.41, 5.74) is 1.08. The molecule has 0 saturated heterocycles. The first-order valence-corrected chi connectivity index (χ1v) is 8.45. The highest BCUT2D eigenvalue weighted by atomic mass is 16.5. The Labute approximate surface area is 155 Å². The Morgan fingerprint density at radius 1 is 0.704 bits per heavy atom. The third-order valence-corrected chi connectivity index (χ3v) is 4.34. The van der Waals surface area contributed by atoms with Gasteiger partial charge in [0, 0.05) is 5.56 Å². The van der Waals surface area contributed by atoms with Crippen LogP contribution in [0.4, 0.5) is 0 Å². The van der Waals surface area contributed by atoms with Crippen molar-refractivity contribution in [3.05, 3.63) is 95.6 Å². The highest BCUT2D eigenvalue weighted by molar-refractivity contribution is 6.23. The van der Waals surface area contributed by atoms with Crippen molar-refractivity contribution in [2.75, 3.05) is 6.54 Å². The van der Waals surface area contributed by atoms with Gasteiger partial charge in [0.15, 0.2) is 5.78 Å². The third kappa shape index (κ3) is 3.22. The van der Waals surface area contributed by atoms with Crippen molar-refractivity contribution in [1.29, 1.82) is 0 Å². The van der Waals surface area contributed by atoms with E-state index in [0.717, 1.165) is 4.90 Å². The minimum Gasteiger partial charge on any atom is -0.457 e. The van der Waals surface area contributed by atoms with E-state index in [-0.39, 0.29) is 12.3 Å². The van der Waals surface area contributed by atoms with E-state index in [9.17, 15) is 14.4 Å². The first-order valence-electron chi connectivity index (χ1n) is 8.45. The molecule has 1 heterocycles. The largest absolute Gasteiger partial charge is 0.457 e. The molecule has 0 radical (unpaired) electrons. The highest BCUT2D eigenvalue weighted by Gasteiger charge is 2.36. The predicted octanol–water partition coefficient (Wildman–Crippen LogP) is 3.96. The van der Waals surface area contributed by atoms with Gasteiger partial charge in [0.2, 0.25) is 0 Å². The minimum atomic E-state index is -0.437. The number of ketones is 1. The zero-order valence-electron chi connectivity index (χ0n) is 14.3. The van der Waals surface area contributed by atoms with E-state index in [0.29, 0.717) is 28.2 Å². The number of para-hydroxylation sites is 1. The van der Waals surface area contributed by atoms with Gasteiger partial charge in [-0.1, -0.05) is 30.3 Å². The summed E-state index contributed by atoms with van der Waals surface area (Å²) in [6, 6.07) is 22.5. The summed E-state index contributed by atoms with van der Waals surface area (Å²) in [7, 11) is 0. The molecule has 27 heavy (non-hydrogen) atoms. The molecule has 0 aliphatic carbocycles. The van der Waals surface area contributed by atoms with Crippen molar-refractivity contribution >= 4 is 17.6 Å². The summed E-state index contributed by atoms with van der Waals surface area (Å²) in [5, 5.41) is 0. The lowest BCUT2D eigenvalue weighted by Crippen LogP contribution is -2.34. The normalized spacial score (nSPS) is 12.8. The Morgan fingerprint density at radius 3 is 1.81 bits per heavy atom. The van der Waals surface area contributed by atoms with Crippen LogP contribution in [0.5, 0.6) is 11.5 Å². The molecule has 0 fully saturated rings. The monoisotopic (exact) mass is 357 g/mol. The Hall–Kier alpha value is -3.73. The summed E-state index contributed by atoms with van der Waals surface area (Å²) in [6.07, 6.45) is 0. The number of amides is 2. The molecule has 1 aliphatic heterocycles. The van der Waals surface area contributed by atoms with Crippen molar-refractivity contribution in [2.45, 2.75) is 0 Å². The molecule has 132 valence electrons. The molecular formula is C22H15NO4. The molecule has 3 aromatic rings. The van der Waals surface area contributed by atoms with E-state index in [1.165, 1.54) is 0 Å². The summed E-state index contributed by atoms with van der Waals surface area (Å²) in [4.78, 5) is 38.2. The number of hydrogen-bond donors (Lipinski definition) is 0. The Bertz CT molecular complexity index is 991. The van der Waals surface area contributed by atoms with Gasteiger partial charge >= 0.3 is 0 Å². The van der Waals surface area contributed by atoms with Crippen LogP contribution in [0.25, 0.3) is 0 Å². The summed E-state index contributed by atoms with van der Waals surface area (Å²) >= 11 is 0. The van der Waals surface area contributed by atoms with E-state index in [1.807, 2.05) is 30.3 Å². The molecule has 4 rings (SSSR count). The fourth-order valence-corrected chi connectivity index (χ4v) is 2.95. The van der Waals surface area contributed by atoms with E-state index in [4.69, 9.17) is 4.74 Å². The third-order valence-electron chi connectivity index (χ3n) is 4.34. The fraction of sp³-hybridized carbons (Fsp3) is 0.0455. The summed E-state index contributed by atoms with van der Waals surface area (Å²) < 4.78 is 5.69. The lowest BCUT2D eigenvalue weighted by atomic mass is 10.1. The van der Waals surface area contributed by atoms with Crippen molar-refractivity contribution in [3.8, 4) is 11.5 Å². The van der Waals surface area contributed by atoms with Gasteiger partial charge in [-0.15, -0.1) is 0 Å². The van der Waals surface area contributed by atoms with Crippen LogP contribution < -0.4 is 4.74 Å². The lowest BCUT2D eigenvalue weighted by molar-refractivity contribution is 0.0624. The van der Waals surface area contributed by atoms with Crippen LogP contribution in [0, 0.1) is 0 Å². The Balaban J connectivity index is 1.46. The first kappa shape index (κ1) is 16.7. The number of fused-ring (bicyclic) bond motifs is 1. The number of carbonyl (C=O) groups excluding carboxylic acids is 3. The fourth-order valence-electron chi connectivity index (χ4n) is 2.95. The van der Waals surface area contributed by atoms with Gasteiger partial charge in [0.05, 0.1) is 17.7 Å². The molecule has 5 nitrogen and oxygen atoms in total. The van der Waals surface area contributed by atoms with Crippen LogP contribution in [0.3, 0.4) is 0 Å². The molecule has 0 N–H and O–H groups in total. The van der Waals surface area contributed by atoms with Crippen LogP contribution in [0.2, 0.25) is 0 Å². The number of ether oxygens (including phenoxy) is 1. The van der Waals surface area contributed by atoms with Gasteiger partial charge in [0.1, 0.15) is 11.5 Å². The molecule has 0 bridgehead atoms. The number of hydrogen-bond acceptors (Lipinski definition) is 4. The van der Waals surface area contributed by atoms with Crippen molar-refractivity contribution in [2.24, 2.45) is 0 Å². The molecule has 2 amide bonds. The van der Waals surface area contributed by atoms with Gasteiger partial charge in [-0.25, -0.2) is 0 Å². The molecule has 5 heteroatoms. The van der Waals surface area contributed by atoms with E-state index >= 15 is 0 Å². The van der Waals surface area contributed by atoms with Crippen molar-refractivity contribution in [1.82, 2.24) is 4.90 Å². The van der Waals surface area contributed by atoms with Crippen LogP contribution >= 0.6 is 0 Å². The maximum atomic E-state index is 12.5. The quantitative estimate of drug-likeness (QED) is 0.512. The Kier molecular flexibility index (Phi) is 4.26. The molecule has 0 atom stereocenters. The van der Waals surface area contributed by atoms with Gasteiger partial charge in [0.25, 0.3) is 11.8 Å². The van der Waals surface area contributed by atoms with E-state index in [2.05, 4.69) is 0 Å². The minimum absolute atomic E-state index is 0.286. The molecule has 0 spiro atoms. The second kappa shape index (κ2) is 6.88. The van der Waals surface area contributed by atoms with E-state index in [1.54, 1.807) is 48.5 Å². The molecule has 3 aromatic carbocycles. The smallest absolute Gasteiger partial charge is 0.261 e. The average Bonchev–Trinajstić information content (AvgIpc) is 2.94. The maximum Gasteiger partial charge on any atom is 0.261 e. The first-order chi connectivity index (χ1) is 13.1. The number of rotatable bonds is 5. The topological polar surface area (TPSA) is 63.7 Å². The van der Waals surface area contributed by atoms with Gasteiger partial charge < -0.3 is 4.74 Å². The van der Waals surface area contributed by atoms with Crippen LogP contribution in [0.15, 0.2) is 78.9 Å². The summed E-state index contributed by atoms with van der Waals surface area (Å²) in [5.74, 6) is 0.109. The number of imide groups is 1. The molecule has 0 unspecified atom stereocenters. The van der Waals surface area contributed by atoms with Gasteiger partial charge in [-0.3, -0.25) is 19.3 Å². The molecule has 0 aromatic heterocycles. The van der Waals surface area contributed by atoms with Crippen LogP contribution in [-0.4, -0.2) is 29.0 Å². The number of carbonyl (C=O) groups is 3. The molecule has 0 saturated carbocycles. The standard InChI is InChI=1S/C22H15NO4/c24-20(14-23-21(25)18-8-4-5-9-19(18)22(23)26)15-10-12-17(13-11-15)27-16-6-2-1-3-7-16/h1-13H,14H2. The highest BCUT2D eigenvalue weighted by Crippen LogP contribution is 2.24. The zero-order valence-corrected chi connectivity index (χ0v) is 14.3. The predicted molar refractivity (Wildman–Crippen MR) is 99.1 cm³/mol. The van der Waals surface area contributed by atoms with Gasteiger partial charge in [-0.05, 0) is 48.5 Å². The SMILES string of the molecule is O=C(CN1C(=O)c2ccccc2C1=O)c1ccc(Oc2ccccc2)cc1. The van der Waals surface area contributed by atoms with Crippen molar-refractivity contribution < 1.29 is 19.1 Å². The maximum absolute atomic E-state index is 12.5. The molecule has 1 aliphatic rings. The van der Waals surface area contributed by atoms with Crippen LogP contribution in [0.1, 0.15) is 31.1 Å². The zero-order chi connectivity index (χ0) is 18.8. The number of Topliss-reactive ketones (excluding diaryl/α,β-unsaturated/α-hetero) is 1. The van der Waals surface area contributed by atoms with Crippen LogP contribution in [-0.2, 0) is 0 Å². The second-order valence-electron chi connectivity index (χ2n) is 6.10. The number of benzene rings is 3. The Morgan fingerprint density at radius 2 is 1.22 bits per heavy atom. The lowest BCUT2D eigenvalue weighted by Gasteiger charge is -2.13. The van der Waals surface area contributed by atoms with Crippen molar-refractivity contribution in [3.63, 3.8) is 0 Å².